The maximum Gasteiger partial charge on any atom is 0.107 e. The van der Waals surface area contributed by atoms with Crippen LogP contribution in [0.15, 0.2) is 30.7 Å². The van der Waals surface area contributed by atoms with E-state index in [1.165, 1.54) is 11.3 Å². The fraction of sp³-hybridized carbons (Fsp3) is 0.385. The van der Waals surface area contributed by atoms with Gasteiger partial charge in [-0.1, -0.05) is 6.07 Å². The number of hydrogen-bond donors (Lipinski definition) is 2. The Hall–Kier alpha value is -1.68. The molecule has 2 heterocycles. The van der Waals surface area contributed by atoms with Gasteiger partial charge in [0.1, 0.15) is 5.82 Å². The van der Waals surface area contributed by atoms with Gasteiger partial charge in [-0.25, -0.2) is 4.98 Å². The molecule has 0 amide bonds. The number of aromatic amines is 1. The lowest BCUT2D eigenvalue weighted by molar-refractivity contribution is 0.521. The first-order valence-corrected chi connectivity index (χ1v) is 6.09. The van der Waals surface area contributed by atoms with E-state index < -0.39 is 0 Å². The molecule has 0 spiro atoms. The first-order valence-electron chi connectivity index (χ1n) is 6.09. The van der Waals surface area contributed by atoms with Crippen LogP contribution in [-0.4, -0.2) is 21.5 Å². The highest BCUT2D eigenvalue weighted by molar-refractivity contribution is 5.27. The second kappa shape index (κ2) is 4.67. The molecule has 1 aliphatic carbocycles. The number of fused-ring (bicyclic) bond motifs is 1. The van der Waals surface area contributed by atoms with Crippen molar-refractivity contribution in [1.29, 1.82) is 0 Å². The number of H-pyrrole nitrogens is 1. The normalized spacial score (nSPS) is 18.2. The summed E-state index contributed by atoms with van der Waals surface area (Å²) in [4.78, 5) is 11.8. The number of nitrogens with one attached hydrogen (secondary N) is 2. The molecule has 0 aromatic carbocycles. The molecule has 0 aliphatic heterocycles. The van der Waals surface area contributed by atoms with Crippen molar-refractivity contribution in [3.8, 4) is 0 Å². The second-order valence-electron chi connectivity index (χ2n) is 4.38. The Morgan fingerprint density at radius 3 is 3.24 bits per heavy atom. The number of aromatic nitrogens is 3. The third kappa shape index (κ3) is 2.22. The van der Waals surface area contributed by atoms with Crippen molar-refractivity contribution in [3.05, 3.63) is 47.8 Å². The fourth-order valence-corrected chi connectivity index (χ4v) is 2.41. The number of pyridine rings is 1. The van der Waals surface area contributed by atoms with Crippen LogP contribution in [0.2, 0.25) is 0 Å². The van der Waals surface area contributed by atoms with E-state index in [1.807, 2.05) is 18.5 Å². The molecule has 0 saturated carbocycles. The van der Waals surface area contributed by atoms with Gasteiger partial charge < -0.3 is 10.3 Å². The van der Waals surface area contributed by atoms with Gasteiger partial charge in [0, 0.05) is 31.6 Å². The molecule has 88 valence electrons. The van der Waals surface area contributed by atoms with Crippen LogP contribution in [0.5, 0.6) is 0 Å². The molecular formula is C13H16N4. The van der Waals surface area contributed by atoms with Crippen molar-refractivity contribution in [2.24, 2.45) is 0 Å². The van der Waals surface area contributed by atoms with Crippen molar-refractivity contribution < 1.29 is 0 Å². The highest BCUT2D eigenvalue weighted by Crippen LogP contribution is 2.28. The fourth-order valence-electron chi connectivity index (χ4n) is 2.41. The summed E-state index contributed by atoms with van der Waals surface area (Å²) < 4.78 is 0. The predicted octanol–water partition coefficient (Wildman–Crippen LogP) is 1.62. The first-order chi connectivity index (χ1) is 8.43. The number of imidazole rings is 1. The molecule has 2 aromatic heterocycles. The molecule has 2 N–H and O–H groups in total. The zero-order chi connectivity index (χ0) is 11.5. The summed E-state index contributed by atoms with van der Waals surface area (Å²) in [5, 5.41) is 3.55. The van der Waals surface area contributed by atoms with Gasteiger partial charge in [-0.3, -0.25) is 4.98 Å². The van der Waals surface area contributed by atoms with E-state index in [9.17, 15) is 0 Å². The van der Waals surface area contributed by atoms with Crippen molar-refractivity contribution >= 4 is 0 Å². The molecule has 3 rings (SSSR count). The molecule has 1 aliphatic rings. The molecule has 1 atom stereocenters. The minimum absolute atomic E-state index is 0.418. The minimum atomic E-state index is 0.418. The number of hydrogen-bond acceptors (Lipinski definition) is 3. The van der Waals surface area contributed by atoms with Crippen LogP contribution in [0.4, 0.5) is 0 Å². The quantitative estimate of drug-likeness (QED) is 0.836. The Morgan fingerprint density at radius 1 is 1.35 bits per heavy atom. The van der Waals surface area contributed by atoms with Gasteiger partial charge >= 0.3 is 0 Å². The maximum atomic E-state index is 4.47. The van der Waals surface area contributed by atoms with Gasteiger partial charge in [-0.15, -0.1) is 0 Å². The third-order valence-electron chi connectivity index (χ3n) is 3.27. The van der Waals surface area contributed by atoms with Crippen molar-refractivity contribution in [1.82, 2.24) is 20.3 Å². The smallest absolute Gasteiger partial charge is 0.107 e. The van der Waals surface area contributed by atoms with Crippen LogP contribution >= 0.6 is 0 Å². The molecule has 4 nitrogen and oxygen atoms in total. The number of aryl methyl sites for hydroxylation is 1. The second-order valence-corrected chi connectivity index (χ2v) is 4.38. The first kappa shape index (κ1) is 10.5. The van der Waals surface area contributed by atoms with Gasteiger partial charge in [-0.05, 0) is 24.5 Å². The van der Waals surface area contributed by atoms with Crippen LogP contribution in [0.1, 0.15) is 29.5 Å². The monoisotopic (exact) mass is 228 g/mol. The Kier molecular flexibility index (Phi) is 2.88. The Morgan fingerprint density at radius 2 is 2.35 bits per heavy atom. The SMILES string of the molecule is c1cnc2c(c1)CCC2NCCc1ncc[nH]1. The van der Waals surface area contributed by atoms with Gasteiger partial charge in [-0.2, -0.15) is 0 Å². The van der Waals surface area contributed by atoms with Crippen molar-refractivity contribution in [2.45, 2.75) is 25.3 Å². The van der Waals surface area contributed by atoms with Crippen molar-refractivity contribution in [2.75, 3.05) is 6.54 Å². The lowest BCUT2D eigenvalue weighted by atomic mass is 10.2. The molecule has 1 unspecified atom stereocenters. The zero-order valence-corrected chi connectivity index (χ0v) is 9.69. The summed E-state index contributed by atoms with van der Waals surface area (Å²) in [5.74, 6) is 1.04. The lowest BCUT2D eigenvalue weighted by Gasteiger charge is -2.12. The molecule has 2 aromatic rings. The largest absolute Gasteiger partial charge is 0.349 e. The van der Waals surface area contributed by atoms with Crippen LogP contribution < -0.4 is 5.32 Å². The van der Waals surface area contributed by atoms with Gasteiger partial charge in [0.05, 0.1) is 11.7 Å². The summed E-state index contributed by atoms with van der Waals surface area (Å²) in [6.07, 6.45) is 8.77. The van der Waals surface area contributed by atoms with Crippen LogP contribution in [-0.2, 0) is 12.8 Å². The molecule has 0 bridgehead atoms. The van der Waals surface area contributed by atoms with Crippen LogP contribution in [0.25, 0.3) is 0 Å². The van der Waals surface area contributed by atoms with E-state index in [2.05, 4.69) is 26.3 Å². The summed E-state index contributed by atoms with van der Waals surface area (Å²) in [6, 6.07) is 4.61. The van der Waals surface area contributed by atoms with E-state index in [-0.39, 0.29) is 0 Å². The minimum Gasteiger partial charge on any atom is -0.349 e. The predicted molar refractivity (Wildman–Crippen MR) is 65.6 cm³/mol. The van der Waals surface area contributed by atoms with E-state index >= 15 is 0 Å². The number of rotatable bonds is 4. The Labute approximate surface area is 101 Å². The van der Waals surface area contributed by atoms with Gasteiger partial charge in [0.2, 0.25) is 0 Å². The highest BCUT2D eigenvalue weighted by atomic mass is 15.0. The highest BCUT2D eigenvalue weighted by Gasteiger charge is 2.22. The summed E-state index contributed by atoms with van der Waals surface area (Å²) in [5.41, 5.74) is 2.62. The molecule has 0 saturated heterocycles. The third-order valence-corrected chi connectivity index (χ3v) is 3.27. The van der Waals surface area contributed by atoms with E-state index in [0.717, 1.165) is 31.6 Å². The summed E-state index contributed by atoms with van der Waals surface area (Å²) >= 11 is 0. The number of nitrogens with zero attached hydrogens (tertiary/aromatic N) is 2. The van der Waals surface area contributed by atoms with Crippen molar-refractivity contribution in [3.63, 3.8) is 0 Å². The lowest BCUT2D eigenvalue weighted by Crippen LogP contribution is -2.22. The standard InChI is InChI=1S/C13H16N4/c1-2-10-3-4-11(13(10)17-6-1)14-7-5-12-15-8-9-16-12/h1-2,6,8-9,11,14H,3-5,7H2,(H,15,16). The molecule has 17 heavy (non-hydrogen) atoms. The van der Waals surface area contributed by atoms with Crippen LogP contribution in [0.3, 0.4) is 0 Å². The van der Waals surface area contributed by atoms with Crippen LogP contribution in [0, 0.1) is 0 Å². The summed E-state index contributed by atoms with van der Waals surface area (Å²) in [6.45, 7) is 0.939. The summed E-state index contributed by atoms with van der Waals surface area (Å²) in [7, 11) is 0. The molecule has 0 fully saturated rings. The Balaban J connectivity index is 1.57. The Bertz CT molecular complexity index is 478. The molecule has 0 radical (unpaired) electrons. The zero-order valence-electron chi connectivity index (χ0n) is 9.69. The molecule has 4 heteroatoms. The topological polar surface area (TPSA) is 53.6 Å². The van der Waals surface area contributed by atoms with E-state index in [0.29, 0.717) is 6.04 Å². The van der Waals surface area contributed by atoms with Gasteiger partial charge in [0.25, 0.3) is 0 Å². The van der Waals surface area contributed by atoms with E-state index in [1.54, 1.807) is 6.20 Å². The maximum absolute atomic E-state index is 4.47. The average molecular weight is 228 g/mol. The van der Waals surface area contributed by atoms with E-state index in [4.69, 9.17) is 0 Å². The average Bonchev–Trinajstić information content (AvgIpc) is 2.99. The molecular weight excluding hydrogens is 212 g/mol. The van der Waals surface area contributed by atoms with Gasteiger partial charge in [0.15, 0.2) is 0 Å².